The summed E-state index contributed by atoms with van der Waals surface area (Å²) in [4.78, 5) is 15.7. The first kappa shape index (κ1) is 17.9. The van der Waals surface area contributed by atoms with Crippen LogP contribution in [0.3, 0.4) is 0 Å². The van der Waals surface area contributed by atoms with E-state index in [1.807, 2.05) is 36.5 Å². The Morgan fingerprint density at radius 1 is 1.11 bits per heavy atom. The van der Waals surface area contributed by atoms with Crippen molar-refractivity contribution in [3.63, 3.8) is 0 Å². The predicted octanol–water partition coefficient (Wildman–Crippen LogP) is 2.88. The van der Waals surface area contributed by atoms with Crippen molar-refractivity contribution in [1.29, 1.82) is 0 Å². The van der Waals surface area contributed by atoms with Crippen molar-refractivity contribution in [3.8, 4) is 0 Å². The molecule has 4 rings (SSSR count). The highest BCUT2D eigenvalue weighted by atomic mass is 16.1. The van der Waals surface area contributed by atoms with Gasteiger partial charge >= 0.3 is 0 Å². The number of aromatic nitrogens is 5. The maximum atomic E-state index is 12.4. The lowest BCUT2D eigenvalue weighted by molar-refractivity contribution is -0.121. The summed E-state index contributed by atoms with van der Waals surface area (Å²) in [5.41, 5.74) is 3.48. The second-order valence-electron chi connectivity index (χ2n) is 6.73. The van der Waals surface area contributed by atoms with Gasteiger partial charge in [-0.3, -0.25) is 4.79 Å². The number of hydrogen-bond acceptors (Lipinski definition) is 4. The maximum Gasteiger partial charge on any atom is 0.220 e. The number of tetrazole rings is 1. The second kappa shape index (κ2) is 8.47. The van der Waals surface area contributed by atoms with Crippen molar-refractivity contribution in [2.45, 2.75) is 25.3 Å². The second-order valence-corrected chi connectivity index (χ2v) is 6.73. The lowest BCUT2D eigenvalue weighted by Gasteiger charge is -2.18. The standard InChI is InChI=1S/C21H22N6O/c28-21(11-6-12-27-15-24-25-26-27)23-13-18(16-7-2-1-3-8-16)19-14-22-20-10-5-4-9-17(19)20/h1-5,7-10,14-15,18,22H,6,11-13H2,(H,23,28). The van der Waals surface area contributed by atoms with Gasteiger partial charge < -0.3 is 10.3 Å². The van der Waals surface area contributed by atoms with Gasteiger partial charge in [-0.05, 0) is 34.0 Å². The number of nitrogens with one attached hydrogen (secondary N) is 2. The van der Waals surface area contributed by atoms with Crippen molar-refractivity contribution in [3.05, 3.63) is 78.2 Å². The van der Waals surface area contributed by atoms with Crippen molar-refractivity contribution >= 4 is 16.8 Å². The number of nitrogens with zero attached hydrogens (tertiary/aromatic N) is 4. The lowest BCUT2D eigenvalue weighted by Crippen LogP contribution is -2.28. The Bertz CT molecular complexity index is 1030. The lowest BCUT2D eigenvalue weighted by atomic mass is 9.91. The third kappa shape index (κ3) is 4.09. The summed E-state index contributed by atoms with van der Waals surface area (Å²) in [5.74, 6) is 0.120. The number of para-hydroxylation sites is 1. The Hall–Kier alpha value is -3.48. The van der Waals surface area contributed by atoms with Crippen LogP contribution in [-0.4, -0.2) is 37.6 Å². The Labute approximate surface area is 162 Å². The highest BCUT2D eigenvalue weighted by Crippen LogP contribution is 2.30. The van der Waals surface area contributed by atoms with Gasteiger partial charge in [0.05, 0.1) is 0 Å². The fourth-order valence-corrected chi connectivity index (χ4v) is 3.46. The zero-order valence-electron chi connectivity index (χ0n) is 15.5. The zero-order valence-corrected chi connectivity index (χ0v) is 15.5. The molecule has 2 N–H and O–H groups in total. The number of aromatic amines is 1. The number of rotatable bonds is 8. The van der Waals surface area contributed by atoms with Gasteiger partial charge in [0.25, 0.3) is 0 Å². The minimum Gasteiger partial charge on any atom is -0.361 e. The fourth-order valence-electron chi connectivity index (χ4n) is 3.46. The minimum atomic E-state index is 0.0360. The normalized spacial score (nSPS) is 12.1. The summed E-state index contributed by atoms with van der Waals surface area (Å²) >= 11 is 0. The van der Waals surface area contributed by atoms with E-state index in [1.165, 1.54) is 16.5 Å². The molecule has 0 spiro atoms. The van der Waals surface area contributed by atoms with E-state index in [-0.39, 0.29) is 11.8 Å². The Kier molecular flexibility index (Phi) is 5.42. The maximum absolute atomic E-state index is 12.4. The summed E-state index contributed by atoms with van der Waals surface area (Å²) < 4.78 is 1.63. The SMILES string of the molecule is O=C(CCCn1cnnn1)NCC(c1ccccc1)c1c[nH]c2ccccc12. The highest BCUT2D eigenvalue weighted by molar-refractivity contribution is 5.84. The van der Waals surface area contributed by atoms with Gasteiger partial charge in [0.2, 0.25) is 5.91 Å². The van der Waals surface area contributed by atoms with Crippen LogP contribution in [0.5, 0.6) is 0 Å². The molecule has 142 valence electrons. The molecular weight excluding hydrogens is 352 g/mol. The molecule has 0 aliphatic carbocycles. The average Bonchev–Trinajstić information content (AvgIpc) is 3.39. The number of hydrogen-bond donors (Lipinski definition) is 2. The molecule has 2 heterocycles. The third-order valence-corrected chi connectivity index (χ3v) is 4.88. The molecule has 2 aromatic heterocycles. The molecule has 0 bridgehead atoms. The molecule has 1 atom stereocenters. The van der Waals surface area contributed by atoms with Gasteiger partial charge in [0, 0.05) is 42.5 Å². The van der Waals surface area contributed by atoms with Crippen LogP contribution in [0.1, 0.15) is 29.9 Å². The van der Waals surface area contributed by atoms with Gasteiger partial charge in [-0.25, -0.2) is 4.68 Å². The quantitative estimate of drug-likeness (QED) is 0.496. The van der Waals surface area contributed by atoms with Gasteiger partial charge in [0.15, 0.2) is 0 Å². The molecule has 2 aromatic carbocycles. The van der Waals surface area contributed by atoms with Crippen LogP contribution in [0.25, 0.3) is 10.9 Å². The van der Waals surface area contributed by atoms with Crippen LogP contribution in [0.15, 0.2) is 67.1 Å². The Balaban J connectivity index is 1.45. The average molecular weight is 374 g/mol. The monoisotopic (exact) mass is 374 g/mol. The van der Waals surface area contributed by atoms with Crippen LogP contribution in [0.4, 0.5) is 0 Å². The van der Waals surface area contributed by atoms with Gasteiger partial charge in [-0.1, -0.05) is 48.5 Å². The molecule has 28 heavy (non-hydrogen) atoms. The number of amides is 1. The van der Waals surface area contributed by atoms with Crippen LogP contribution >= 0.6 is 0 Å². The van der Waals surface area contributed by atoms with Gasteiger partial charge in [0.1, 0.15) is 6.33 Å². The van der Waals surface area contributed by atoms with Crippen molar-refractivity contribution in [2.75, 3.05) is 6.54 Å². The molecule has 7 heteroatoms. The van der Waals surface area contributed by atoms with Crippen LogP contribution in [0.2, 0.25) is 0 Å². The number of fused-ring (bicyclic) bond motifs is 1. The predicted molar refractivity (Wildman–Crippen MR) is 107 cm³/mol. The first-order valence-electron chi connectivity index (χ1n) is 9.39. The van der Waals surface area contributed by atoms with E-state index < -0.39 is 0 Å². The number of carbonyl (C=O) groups excluding carboxylic acids is 1. The third-order valence-electron chi connectivity index (χ3n) is 4.88. The Morgan fingerprint density at radius 2 is 1.93 bits per heavy atom. The first-order chi connectivity index (χ1) is 13.8. The zero-order chi connectivity index (χ0) is 19.2. The van der Waals surface area contributed by atoms with E-state index in [0.29, 0.717) is 25.9 Å². The number of aryl methyl sites for hydroxylation is 1. The van der Waals surface area contributed by atoms with E-state index in [1.54, 1.807) is 11.0 Å². The van der Waals surface area contributed by atoms with Crippen LogP contribution < -0.4 is 5.32 Å². The summed E-state index contributed by atoms with van der Waals surface area (Å²) in [6, 6.07) is 18.5. The van der Waals surface area contributed by atoms with E-state index in [0.717, 1.165) is 5.52 Å². The number of H-pyrrole nitrogens is 1. The van der Waals surface area contributed by atoms with Crippen molar-refractivity contribution < 1.29 is 4.79 Å². The smallest absolute Gasteiger partial charge is 0.220 e. The molecular formula is C21H22N6O. The molecule has 0 fully saturated rings. The van der Waals surface area contributed by atoms with E-state index in [2.05, 4.69) is 50.1 Å². The largest absolute Gasteiger partial charge is 0.361 e. The molecule has 0 saturated heterocycles. The topological polar surface area (TPSA) is 88.5 Å². The molecule has 0 saturated carbocycles. The number of carbonyl (C=O) groups is 1. The van der Waals surface area contributed by atoms with E-state index in [9.17, 15) is 4.79 Å². The van der Waals surface area contributed by atoms with Crippen molar-refractivity contribution in [1.82, 2.24) is 30.5 Å². The van der Waals surface area contributed by atoms with Gasteiger partial charge in [-0.2, -0.15) is 0 Å². The Morgan fingerprint density at radius 3 is 2.75 bits per heavy atom. The highest BCUT2D eigenvalue weighted by Gasteiger charge is 2.18. The minimum absolute atomic E-state index is 0.0360. The van der Waals surface area contributed by atoms with Crippen LogP contribution in [-0.2, 0) is 11.3 Å². The molecule has 1 amide bonds. The molecule has 7 nitrogen and oxygen atoms in total. The molecule has 0 aliphatic rings. The molecule has 1 unspecified atom stereocenters. The summed E-state index contributed by atoms with van der Waals surface area (Å²) in [5, 5.41) is 15.3. The van der Waals surface area contributed by atoms with E-state index >= 15 is 0 Å². The summed E-state index contributed by atoms with van der Waals surface area (Å²) in [6.45, 7) is 1.18. The fraction of sp³-hybridized carbons (Fsp3) is 0.238. The molecule has 0 aliphatic heterocycles. The summed E-state index contributed by atoms with van der Waals surface area (Å²) in [7, 11) is 0. The first-order valence-corrected chi connectivity index (χ1v) is 9.39. The van der Waals surface area contributed by atoms with Crippen LogP contribution in [0, 0.1) is 0 Å². The molecule has 4 aromatic rings. The van der Waals surface area contributed by atoms with Gasteiger partial charge in [-0.15, -0.1) is 5.10 Å². The van der Waals surface area contributed by atoms with Crippen molar-refractivity contribution in [2.24, 2.45) is 0 Å². The molecule has 0 radical (unpaired) electrons. The summed E-state index contributed by atoms with van der Waals surface area (Å²) in [6.07, 6.45) is 4.74. The van der Waals surface area contributed by atoms with E-state index in [4.69, 9.17) is 0 Å². The number of benzene rings is 2.